The van der Waals surface area contributed by atoms with Gasteiger partial charge < -0.3 is 19.3 Å². The molecular formula is C23H20ClN5O3S. The smallest absolute Gasteiger partial charge is 0.264 e. The summed E-state index contributed by atoms with van der Waals surface area (Å²) in [5.74, 6) is 2.28. The standard InChI is InChI=1S/C23H20ClN5O3S/c1-12-26-27-20-10-28(4-5-29(12)20)23(31)19-7-13-6-14(24)8-17(21(13)32-19)16-2-3-25-18-9-15(11-30)33-22(16)18/h2-3,6,8-9,19,30H,4-5,7,10-11H2,1H3/t19-/m1/s1. The van der Waals surface area contributed by atoms with Gasteiger partial charge in [0, 0.05) is 52.3 Å². The maximum absolute atomic E-state index is 13.3. The van der Waals surface area contributed by atoms with Gasteiger partial charge >= 0.3 is 0 Å². The lowest BCUT2D eigenvalue weighted by molar-refractivity contribution is -0.139. The fourth-order valence-electron chi connectivity index (χ4n) is 4.63. The monoisotopic (exact) mass is 481 g/mol. The maximum atomic E-state index is 13.3. The van der Waals surface area contributed by atoms with Crippen LogP contribution in [0.25, 0.3) is 21.3 Å². The number of halogens is 1. The number of amides is 1. The first kappa shape index (κ1) is 20.6. The molecule has 1 amide bonds. The molecule has 0 aliphatic carbocycles. The molecule has 0 spiro atoms. The number of fused-ring (bicyclic) bond motifs is 3. The van der Waals surface area contributed by atoms with E-state index in [1.807, 2.05) is 35.8 Å². The second-order valence-electron chi connectivity index (χ2n) is 8.27. The minimum absolute atomic E-state index is 0.0374. The first-order chi connectivity index (χ1) is 16.0. The SMILES string of the molecule is Cc1nnc2n1CCN(C(=O)[C@H]1Cc3cc(Cl)cc(-c4ccnc5cc(CO)sc45)c3O1)C2. The summed E-state index contributed by atoms with van der Waals surface area (Å²) in [4.78, 5) is 20.4. The van der Waals surface area contributed by atoms with Gasteiger partial charge in [-0.3, -0.25) is 9.78 Å². The van der Waals surface area contributed by atoms with Crippen LogP contribution >= 0.6 is 22.9 Å². The van der Waals surface area contributed by atoms with E-state index in [0.29, 0.717) is 36.8 Å². The molecule has 1 aromatic carbocycles. The Kier molecular flexibility index (Phi) is 4.86. The van der Waals surface area contributed by atoms with Crippen LogP contribution in [0, 0.1) is 6.92 Å². The lowest BCUT2D eigenvalue weighted by atomic mass is 10.0. The Morgan fingerprint density at radius 2 is 2.15 bits per heavy atom. The third kappa shape index (κ3) is 3.38. The predicted octanol–water partition coefficient (Wildman–Crippen LogP) is 3.35. The van der Waals surface area contributed by atoms with E-state index >= 15 is 0 Å². The average molecular weight is 482 g/mol. The number of pyridine rings is 1. The molecule has 0 fully saturated rings. The van der Waals surface area contributed by atoms with Gasteiger partial charge in [-0.15, -0.1) is 21.5 Å². The third-order valence-corrected chi connectivity index (χ3v) is 7.59. The summed E-state index contributed by atoms with van der Waals surface area (Å²) in [6.45, 7) is 3.58. The Morgan fingerprint density at radius 1 is 1.27 bits per heavy atom. The quantitative estimate of drug-likeness (QED) is 0.482. The lowest BCUT2D eigenvalue weighted by Gasteiger charge is -2.29. The van der Waals surface area contributed by atoms with Crippen LogP contribution in [0.3, 0.4) is 0 Å². The number of hydrogen-bond donors (Lipinski definition) is 1. The highest BCUT2D eigenvalue weighted by atomic mass is 35.5. The first-order valence-corrected chi connectivity index (χ1v) is 11.9. The second-order valence-corrected chi connectivity index (χ2v) is 9.84. The van der Waals surface area contributed by atoms with Crippen molar-refractivity contribution >= 4 is 39.1 Å². The topological polar surface area (TPSA) is 93.4 Å². The Balaban J connectivity index is 1.33. The molecule has 0 bridgehead atoms. The van der Waals surface area contributed by atoms with Crippen molar-refractivity contribution < 1.29 is 14.6 Å². The van der Waals surface area contributed by atoms with E-state index in [1.54, 1.807) is 11.1 Å². The van der Waals surface area contributed by atoms with E-state index in [2.05, 4.69) is 15.2 Å². The Morgan fingerprint density at radius 3 is 3.00 bits per heavy atom. The number of aromatic nitrogens is 4. The van der Waals surface area contributed by atoms with Gasteiger partial charge in [0.2, 0.25) is 0 Å². The summed E-state index contributed by atoms with van der Waals surface area (Å²) in [6, 6.07) is 7.55. The summed E-state index contributed by atoms with van der Waals surface area (Å²) in [5, 5.41) is 18.5. The molecule has 3 aromatic heterocycles. The third-order valence-electron chi connectivity index (χ3n) is 6.23. The highest BCUT2D eigenvalue weighted by Crippen LogP contribution is 2.44. The van der Waals surface area contributed by atoms with Crippen LogP contribution in [0.4, 0.5) is 0 Å². The van der Waals surface area contributed by atoms with E-state index in [0.717, 1.165) is 43.4 Å². The van der Waals surface area contributed by atoms with Crippen LogP contribution in [-0.4, -0.2) is 48.3 Å². The molecule has 5 heterocycles. The van der Waals surface area contributed by atoms with Crippen LogP contribution in [0.2, 0.25) is 5.02 Å². The highest BCUT2D eigenvalue weighted by molar-refractivity contribution is 7.19. The molecule has 0 saturated carbocycles. The molecule has 0 radical (unpaired) electrons. The van der Waals surface area contributed by atoms with Crippen molar-refractivity contribution in [1.82, 2.24) is 24.6 Å². The largest absolute Gasteiger partial charge is 0.479 e. The fraction of sp³-hybridized carbons (Fsp3) is 0.304. The molecule has 1 N–H and O–H groups in total. The van der Waals surface area contributed by atoms with Crippen LogP contribution in [0.15, 0.2) is 30.5 Å². The van der Waals surface area contributed by atoms with E-state index in [1.165, 1.54) is 11.3 Å². The predicted molar refractivity (Wildman–Crippen MR) is 124 cm³/mol. The number of thiophene rings is 1. The maximum Gasteiger partial charge on any atom is 0.264 e. The van der Waals surface area contributed by atoms with Gasteiger partial charge in [0.25, 0.3) is 5.91 Å². The van der Waals surface area contributed by atoms with Crippen molar-refractivity contribution in [3.8, 4) is 16.9 Å². The summed E-state index contributed by atoms with van der Waals surface area (Å²) in [6.07, 6.45) is 1.59. The van der Waals surface area contributed by atoms with Crippen molar-refractivity contribution in [1.29, 1.82) is 0 Å². The zero-order valence-electron chi connectivity index (χ0n) is 17.8. The lowest BCUT2D eigenvalue weighted by Crippen LogP contribution is -2.45. The van der Waals surface area contributed by atoms with E-state index in [-0.39, 0.29) is 12.5 Å². The van der Waals surface area contributed by atoms with E-state index in [9.17, 15) is 9.90 Å². The van der Waals surface area contributed by atoms with Crippen molar-refractivity contribution in [2.45, 2.75) is 39.1 Å². The van der Waals surface area contributed by atoms with Crippen molar-refractivity contribution in [2.75, 3.05) is 6.54 Å². The van der Waals surface area contributed by atoms with Gasteiger partial charge in [-0.05, 0) is 31.2 Å². The zero-order valence-corrected chi connectivity index (χ0v) is 19.4. The van der Waals surface area contributed by atoms with Gasteiger partial charge in [0.05, 0.1) is 23.4 Å². The molecule has 1 atom stereocenters. The van der Waals surface area contributed by atoms with E-state index in [4.69, 9.17) is 16.3 Å². The van der Waals surface area contributed by atoms with Gasteiger partial charge in [0.15, 0.2) is 11.9 Å². The Hall–Kier alpha value is -3.01. The molecule has 4 aromatic rings. The molecule has 6 rings (SSSR count). The van der Waals surface area contributed by atoms with Crippen molar-refractivity contribution in [3.63, 3.8) is 0 Å². The fourth-order valence-corrected chi connectivity index (χ4v) is 5.88. The average Bonchev–Trinajstić information content (AvgIpc) is 3.54. The first-order valence-electron chi connectivity index (χ1n) is 10.7. The zero-order chi connectivity index (χ0) is 22.7. The molecule has 2 aliphatic heterocycles. The summed E-state index contributed by atoms with van der Waals surface area (Å²) >= 11 is 7.97. The van der Waals surface area contributed by atoms with Crippen LogP contribution in [0.1, 0.15) is 22.1 Å². The number of benzene rings is 1. The van der Waals surface area contributed by atoms with Gasteiger partial charge in [0.1, 0.15) is 11.6 Å². The number of carbonyl (C=O) groups is 1. The normalized spacial score (nSPS) is 17.2. The molecule has 8 nitrogen and oxygen atoms in total. The van der Waals surface area contributed by atoms with Crippen LogP contribution in [-0.2, 0) is 30.9 Å². The molecule has 10 heteroatoms. The number of aryl methyl sites for hydroxylation is 1. The summed E-state index contributed by atoms with van der Waals surface area (Å²) < 4.78 is 9.28. The van der Waals surface area contributed by atoms with Gasteiger partial charge in [-0.2, -0.15) is 0 Å². The summed E-state index contributed by atoms with van der Waals surface area (Å²) in [5.41, 5.74) is 3.49. The molecular weight excluding hydrogens is 462 g/mol. The number of hydrogen-bond acceptors (Lipinski definition) is 7. The van der Waals surface area contributed by atoms with Gasteiger partial charge in [-0.1, -0.05) is 11.6 Å². The highest BCUT2D eigenvalue weighted by Gasteiger charge is 2.36. The Labute approximate surface area is 198 Å². The molecule has 168 valence electrons. The number of carbonyl (C=O) groups excluding carboxylic acids is 1. The van der Waals surface area contributed by atoms with Crippen LogP contribution < -0.4 is 4.74 Å². The molecule has 0 unspecified atom stereocenters. The van der Waals surface area contributed by atoms with Gasteiger partial charge in [-0.25, -0.2) is 0 Å². The molecule has 33 heavy (non-hydrogen) atoms. The number of aliphatic hydroxyl groups excluding tert-OH is 1. The van der Waals surface area contributed by atoms with Crippen molar-refractivity contribution in [3.05, 3.63) is 57.6 Å². The number of nitrogens with zero attached hydrogens (tertiary/aromatic N) is 5. The number of aliphatic hydroxyl groups is 1. The number of ether oxygens (including phenoxy) is 1. The van der Waals surface area contributed by atoms with Crippen LogP contribution in [0.5, 0.6) is 5.75 Å². The number of rotatable bonds is 3. The minimum Gasteiger partial charge on any atom is -0.479 e. The second kappa shape index (κ2) is 7.79. The molecule has 2 aliphatic rings. The minimum atomic E-state index is -0.610. The van der Waals surface area contributed by atoms with E-state index < -0.39 is 6.10 Å². The molecule has 0 saturated heterocycles. The van der Waals surface area contributed by atoms with Crippen molar-refractivity contribution in [2.24, 2.45) is 0 Å². The Bertz CT molecular complexity index is 1410. The summed E-state index contributed by atoms with van der Waals surface area (Å²) in [7, 11) is 0.